The van der Waals surface area contributed by atoms with Gasteiger partial charge in [0.1, 0.15) is 0 Å². The smallest absolute Gasteiger partial charge is 0.0979 e. The van der Waals surface area contributed by atoms with Crippen molar-refractivity contribution in [2.45, 2.75) is 92.5 Å². The Bertz CT molecular complexity index is 949. The van der Waals surface area contributed by atoms with Gasteiger partial charge in [0.05, 0.1) is 12.4 Å². The van der Waals surface area contributed by atoms with Crippen LogP contribution in [0.4, 0.5) is 0 Å². The third-order valence-corrected chi connectivity index (χ3v) is 6.35. The molecule has 3 N–H and O–H groups in total. The molecule has 1 atom stereocenters. The Morgan fingerprint density at radius 3 is 2.51 bits per heavy atom. The Hall–Kier alpha value is -2.88. The van der Waals surface area contributed by atoms with Crippen LogP contribution in [0.3, 0.4) is 0 Å². The van der Waals surface area contributed by atoms with Crippen molar-refractivity contribution in [3.63, 3.8) is 0 Å². The minimum Gasteiger partial charge on any atom is -0.388 e. The minimum absolute atomic E-state index is 0.300. The van der Waals surface area contributed by atoms with Crippen LogP contribution in [0.2, 0.25) is 0 Å². The van der Waals surface area contributed by atoms with Crippen molar-refractivity contribution in [1.82, 2.24) is 20.9 Å². The lowest BCUT2D eigenvalue weighted by molar-refractivity contribution is 0.295. The van der Waals surface area contributed by atoms with Gasteiger partial charge in [0.2, 0.25) is 0 Å². The van der Waals surface area contributed by atoms with Gasteiger partial charge < -0.3 is 16.0 Å². The maximum absolute atomic E-state index is 4.75. The number of amidine groups is 1. The van der Waals surface area contributed by atoms with Crippen LogP contribution >= 0.6 is 0 Å². The Labute approximate surface area is 253 Å². The van der Waals surface area contributed by atoms with E-state index in [1.54, 1.807) is 0 Å². The van der Waals surface area contributed by atoms with Crippen LogP contribution in [-0.4, -0.2) is 69.4 Å². The topological polar surface area (TPSA) is 64.0 Å². The lowest BCUT2D eigenvalue weighted by Crippen LogP contribution is -2.36. The molecule has 0 radical (unpaired) electrons. The van der Waals surface area contributed by atoms with E-state index in [0.29, 0.717) is 6.04 Å². The molecular weight excluding hydrogens is 504 g/mol. The van der Waals surface area contributed by atoms with Gasteiger partial charge in [-0.15, -0.1) is 0 Å². The monoisotopic (exact) mass is 564 g/mol. The fourth-order valence-electron chi connectivity index (χ4n) is 4.10. The summed E-state index contributed by atoms with van der Waals surface area (Å²) in [5.74, 6) is 7.67. The first-order valence-corrected chi connectivity index (χ1v) is 15.5. The first-order chi connectivity index (χ1) is 19.8. The molecule has 0 aromatic rings. The molecule has 6 heteroatoms. The largest absolute Gasteiger partial charge is 0.388 e. The SMILES string of the molecule is C=C(CC)NCCC(=NC)NC(C)C/C=C\C(C#CC/C=C(/C=C\CN=C(C)CN(CCC)CNC)CCC)=C/C. The zero-order valence-corrected chi connectivity index (χ0v) is 27.6. The van der Waals surface area contributed by atoms with Crippen LogP contribution in [0, 0.1) is 11.8 Å². The molecule has 0 rings (SSSR count). The number of rotatable bonds is 21. The zero-order valence-electron chi connectivity index (χ0n) is 27.6. The average molecular weight is 565 g/mol. The molecule has 1 unspecified atom stereocenters. The van der Waals surface area contributed by atoms with Gasteiger partial charge in [-0.05, 0) is 60.0 Å². The molecule has 41 heavy (non-hydrogen) atoms. The molecule has 0 aromatic carbocycles. The van der Waals surface area contributed by atoms with Crippen LogP contribution in [-0.2, 0) is 0 Å². The van der Waals surface area contributed by atoms with E-state index in [9.17, 15) is 0 Å². The van der Waals surface area contributed by atoms with E-state index < -0.39 is 0 Å². The summed E-state index contributed by atoms with van der Waals surface area (Å²) in [5, 5.41) is 10.1. The summed E-state index contributed by atoms with van der Waals surface area (Å²) in [7, 11) is 3.83. The van der Waals surface area contributed by atoms with Crippen molar-refractivity contribution in [2.24, 2.45) is 9.98 Å². The molecule has 0 bridgehead atoms. The highest BCUT2D eigenvalue weighted by Crippen LogP contribution is 2.08. The molecule has 0 heterocycles. The summed E-state index contributed by atoms with van der Waals surface area (Å²) in [5.41, 5.74) is 4.62. The Morgan fingerprint density at radius 2 is 1.88 bits per heavy atom. The number of nitrogens with one attached hydrogen (secondary N) is 3. The molecular formula is C35H60N6. The lowest BCUT2D eigenvalue weighted by atomic mass is 10.1. The van der Waals surface area contributed by atoms with E-state index in [4.69, 9.17) is 4.99 Å². The van der Waals surface area contributed by atoms with Gasteiger partial charge in [-0.3, -0.25) is 14.9 Å². The number of allylic oxidation sites excluding steroid dienone is 7. The van der Waals surface area contributed by atoms with Crippen LogP contribution in [0.1, 0.15) is 86.5 Å². The summed E-state index contributed by atoms with van der Waals surface area (Å²) < 4.78 is 0. The summed E-state index contributed by atoms with van der Waals surface area (Å²) in [6, 6.07) is 0.300. The number of aliphatic imine (C=N–C) groups is 2. The molecule has 0 aliphatic rings. The average Bonchev–Trinajstić information content (AvgIpc) is 2.95. The highest BCUT2D eigenvalue weighted by molar-refractivity contribution is 5.84. The highest BCUT2D eigenvalue weighted by atomic mass is 15.2. The molecule has 6 nitrogen and oxygen atoms in total. The van der Waals surface area contributed by atoms with Crippen LogP contribution in [0.5, 0.6) is 0 Å². The lowest BCUT2D eigenvalue weighted by Gasteiger charge is -2.20. The second kappa shape index (κ2) is 26.0. The van der Waals surface area contributed by atoms with Gasteiger partial charge in [0.15, 0.2) is 0 Å². The van der Waals surface area contributed by atoms with E-state index in [0.717, 1.165) is 94.9 Å². The molecule has 0 saturated carbocycles. The third-order valence-electron chi connectivity index (χ3n) is 6.35. The van der Waals surface area contributed by atoms with Gasteiger partial charge in [-0.2, -0.15) is 0 Å². The number of hydrogen-bond donors (Lipinski definition) is 3. The Balaban J connectivity index is 4.81. The Kier molecular flexibility index (Phi) is 24.2. The molecule has 0 amide bonds. The summed E-state index contributed by atoms with van der Waals surface area (Å²) >= 11 is 0. The maximum atomic E-state index is 4.75. The third kappa shape index (κ3) is 21.5. The Morgan fingerprint density at radius 1 is 1.10 bits per heavy atom. The molecule has 0 spiro atoms. The zero-order chi connectivity index (χ0) is 30.7. The predicted octanol–water partition coefficient (Wildman–Crippen LogP) is 6.81. The fraction of sp³-hybridized carbons (Fsp3) is 0.600. The van der Waals surface area contributed by atoms with Crippen molar-refractivity contribution < 1.29 is 0 Å². The van der Waals surface area contributed by atoms with Crippen LogP contribution in [0.25, 0.3) is 0 Å². The second-order valence-corrected chi connectivity index (χ2v) is 10.3. The van der Waals surface area contributed by atoms with Gasteiger partial charge in [-0.25, -0.2) is 0 Å². The van der Waals surface area contributed by atoms with Crippen molar-refractivity contribution in [2.75, 3.05) is 46.9 Å². The van der Waals surface area contributed by atoms with Crippen LogP contribution < -0.4 is 16.0 Å². The molecule has 0 saturated heterocycles. The quantitative estimate of drug-likeness (QED) is 0.0471. The van der Waals surface area contributed by atoms with Crippen molar-refractivity contribution in [1.29, 1.82) is 0 Å². The van der Waals surface area contributed by atoms with Gasteiger partial charge >= 0.3 is 0 Å². The van der Waals surface area contributed by atoms with Gasteiger partial charge in [0, 0.05) is 62.7 Å². The molecule has 0 aromatic heterocycles. The molecule has 230 valence electrons. The van der Waals surface area contributed by atoms with E-state index in [2.05, 4.69) is 115 Å². The molecule has 0 fully saturated rings. The minimum atomic E-state index is 0.300. The van der Waals surface area contributed by atoms with Gasteiger partial charge in [0.25, 0.3) is 0 Å². The van der Waals surface area contributed by atoms with E-state index in [1.807, 2.05) is 21.0 Å². The first kappa shape index (κ1) is 38.1. The summed E-state index contributed by atoms with van der Waals surface area (Å²) in [6.07, 6.45) is 19.8. The maximum Gasteiger partial charge on any atom is 0.0979 e. The second-order valence-electron chi connectivity index (χ2n) is 10.3. The fourth-order valence-corrected chi connectivity index (χ4v) is 4.10. The van der Waals surface area contributed by atoms with Crippen molar-refractivity contribution >= 4 is 11.5 Å². The van der Waals surface area contributed by atoms with Crippen molar-refractivity contribution in [3.05, 3.63) is 59.9 Å². The predicted molar refractivity (Wildman–Crippen MR) is 184 cm³/mol. The molecule has 0 aliphatic carbocycles. The number of nitrogens with zero attached hydrogens (tertiary/aromatic N) is 3. The van der Waals surface area contributed by atoms with Crippen LogP contribution in [0.15, 0.2) is 69.9 Å². The normalized spacial score (nSPS) is 14.1. The molecule has 0 aliphatic heterocycles. The highest BCUT2D eigenvalue weighted by Gasteiger charge is 2.04. The first-order valence-electron chi connectivity index (χ1n) is 15.5. The van der Waals surface area contributed by atoms with Crippen molar-refractivity contribution in [3.8, 4) is 11.8 Å². The summed E-state index contributed by atoms with van der Waals surface area (Å²) in [6.45, 7) is 21.3. The van der Waals surface area contributed by atoms with E-state index in [-0.39, 0.29) is 0 Å². The summed E-state index contributed by atoms with van der Waals surface area (Å²) in [4.78, 5) is 11.5. The standard InChI is InChI=1S/C35H60N6/c1-10-18-34(23-17-25-38-32(7)28-41(27-11-2)29-36-8)21-15-14-20-33(13-4)22-16-19-31(6)40-35(37-9)24-26-39-30(5)12-3/h13,16-17,21-23,31,36,39H,5,10-12,15,18-19,24-29H2,1-4,6-9H3,(H,37,40)/b22-16-,23-17-,33-13-,34-21+,38-32?. The van der Waals surface area contributed by atoms with E-state index >= 15 is 0 Å². The van der Waals surface area contributed by atoms with Gasteiger partial charge in [-0.1, -0.05) is 87.6 Å². The van der Waals surface area contributed by atoms with E-state index in [1.165, 1.54) is 11.3 Å². The number of hydrogen-bond acceptors (Lipinski definition) is 5.